The molecule has 0 saturated heterocycles. The first-order chi connectivity index (χ1) is 5.67. The summed E-state index contributed by atoms with van der Waals surface area (Å²) in [4.78, 5) is 14.8. The van der Waals surface area contributed by atoms with Crippen LogP contribution in [0.5, 0.6) is 0 Å². The first-order valence-corrected chi connectivity index (χ1v) is 4.62. The molecule has 1 aromatic heterocycles. The molecule has 3 heteroatoms. The van der Waals surface area contributed by atoms with E-state index in [2.05, 4.69) is 24.9 Å². The average molecular weight is 181 g/mol. The Kier molecular flexibility index (Phi) is 2.79. The Balaban J connectivity index is 2.78. The minimum Gasteiger partial charge on any atom is -0.211 e. The summed E-state index contributed by atoms with van der Waals surface area (Å²) in [6.07, 6.45) is 1.57. The lowest BCUT2D eigenvalue weighted by Gasteiger charge is -2.19. The molecule has 1 rings (SSSR count). The van der Waals surface area contributed by atoms with Crippen molar-refractivity contribution in [1.82, 2.24) is 0 Å². The van der Waals surface area contributed by atoms with E-state index < -0.39 is 0 Å². The van der Waals surface area contributed by atoms with Crippen LogP contribution >= 0.6 is 11.3 Å². The highest BCUT2D eigenvalue weighted by Gasteiger charge is 2.20. The van der Waals surface area contributed by atoms with Gasteiger partial charge in [-0.2, -0.15) is 0 Å². The van der Waals surface area contributed by atoms with Crippen LogP contribution in [0.1, 0.15) is 18.7 Å². The zero-order chi connectivity index (χ0) is 9.03. The second-order valence-corrected chi connectivity index (χ2v) is 4.22. The molecule has 0 unspecified atom stereocenters. The number of aliphatic imine (C=N–C) groups is 1. The molecule has 0 bridgehead atoms. The van der Waals surface area contributed by atoms with Gasteiger partial charge in [0.1, 0.15) is 0 Å². The highest BCUT2D eigenvalue weighted by Crippen LogP contribution is 2.27. The second-order valence-electron chi connectivity index (χ2n) is 3.27. The fraction of sp³-hybridized carbons (Fsp3) is 0.444. The SMILES string of the molecule is CC(C)(CN=C=O)c1cccs1. The number of hydrogen-bond acceptors (Lipinski definition) is 3. The summed E-state index contributed by atoms with van der Waals surface area (Å²) in [6, 6.07) is 4.07. The van der Waals surface area contributed by atoms with Crippen molar-refractivity contribution in [1.29, 1.82) is 0 Å². The summed E-state index contributed by atoms with van der Waals surface area (Å²) in [7, 11) is 0. The molecule has 64 valence electrons. The van der Waals surface area contributed by atoms with Crippen molar-refractivity contribution >= 4 is 17.4 Å². The Morgan fingerprint density at radius 3 is 2.92 bits per heavy atom. The summed E-state index contributed by atoms with van der Waals surface area (Å²) >= 11 is 1.69. The fourth-order valence-electron chi connectivity index (χ4n) is 0.971. The predicted octanol–water partition coefficient (Wildman–Crippen LogP) is 2.36. The normalized spacial score (nSPS) is 10.8. The van der Waals surface area contributed by atoms with Gasteiger partial charge in [-0.05, 0) is 11.4 Å². The van der Waals surface area contributed by atoms with Gasteiger partial charge in [0.05, 0.1) is 6.54 Å². The standard InChI is InChI=1S/C9H11NOS/c1-9(2,6-10-7-11)8-4-3-5-12-8/h3-5H,6H2,1-2H3. The number of nitrogens with zero attached hydrogens (tertiary/aromatic N) is 1. The lowest BCUT2D eigenvalue weighted by atomic mass is 9.92. The van der Waals surface area contributed by atoms with Crippen LogP contribution in [0.25, 0.3) is 0 Å². The van der Waals surface area contributed by atoms with Crippen molar-refractivity contribution in [3.05, 3.63) is 22.4 Å². The number of hydrogen-bond donors (Lipinski definition) is 0. The minimum absolute atomic E-state index is 0.0361. The lowest BCUT2D eigenvalue weighted by Crippen LogP contribution is -2.19. The van der Waals surface area contributed by atoms with Crippen molar-refractivity contribution in [3.8, 4) is 0 Å². The zero-order valence-corrected chi connectivity index (χ0v) is 8.02. The monoisotopic (exact) mass is 181 g/mol. The summed E-state index contributed by atoms with van der Waals surface area (Å²) < 4.78 is 0. The molecule has 0 saturated carbocycles. The van der Waals surface area contributed by atoms with E-state index in [1.807, 2.05) is 11.4 Å². The van der Waals surface area contributed by atoms with Gasteiger partial charge in [-0.3, -0.25) is 0 Å². The predicted molar refractivity (Wildman–Crippen MR) is 50.3 cm³/mol. The van der Waals surface area contributed by atoms with E-state index in [0.717, 1.165) is 0 Å². The van der Waals surface area contributed by atoms with Gasteiger partial charge in [-0.1, -0.05) is 19.9 Å². The average Bonchev–Trinajstić information content (AvgIpc) is 2.53. The molecule has 0 aliphatic heterocycles. The molecule has 0 atom stereocenters. The third-order valence-corrected chi connectivity index (χ3v) is 2.96. The topological polar surface area (TPSA) is 29.4 Å². The van der Waals surface area contributed by atoms with E-state index in [1.165, 1.54) is 4.88 Å². The molecule has 12 heavy (non-hydrogen) atoms. The van der Waals surface area contributed by atoms with E-state index >= 15 is 0 Å². The van der Waals surface area contributed by atoms with Crippen LogP contribution in [0, 0.1) is 0 Å². The summed E-state index contributed by atoms with van der Waals surface area (Å²) in [6.45, 7) is 4.65. The van der Waals surface area contributed by atoms with E-state index in [9.17, 15) is 4.79 Å². The highest BCUT2D eigenvalue weighted by molar-refractivity contribution is 7.10. The van der Waals surface area contributed by atoms with Gasteiger partial charge in [0.25, 0.3) is 0 Å². The van der Waals surface area contributed by atoms with Gasteiger partial charge >= 0.3 is 0 Å². The molecule has 2 nitrogen and oxygen atoms in total. The van der Waals surface area contributed by atoms with Crippen LogP contribution in [-0.2, 0) is 10.2 Å². The maximum Gasteiger partial charge on any atom is 0.234 e. The Labute approximate surface area is 76.0 Å². The molecule has 0 spiro atoms. The molecule has 1 aromatic rings. The minimum atomic E-state index is -0.0361. The van der Waals surface area contributed by atoms with Crippen molar-refractivity contribution in [2.24, 2.45) is 4.99 Å². The van der Waals surface area contributed by atoms with Crippen LogP contribution in [0.4, 0.5) is 0 Å². The Hall–Kier alpha value is -0.920. The Morgan fingerprint density at radius 2 is 2.42 bits per heavy atom. The van der Waals surface area contributed by atoms with Crippen LogP contribution in [0.15, 0.2) is 22.5 Å². The van der Waals surface area contributed by atoms with Gasteiger partial charge in [0.15, 0.2) is 0 Å². The van der Waals surface area contributed by atoms with Crippen LogP contribution < -0.4 is 0 Å². The second kappa shape index (κ2) is 3.65. The smallest absolute Gasteiger partial charge is 0.211 e. The third kappa shape index (κ3) is 2.03. The molecule has 0 fully saturated rings. The van der Waals surface area contributed by atoms with Gasteiger partial charge in [0.2, 0.25) is 6.08 Å². The van der Waals surface area contributed by atoms with Gasteiger partial charge in [-0.15, -0.1) is 11.3 Å². The number of thiophene rings is 1. The molecule has 0 N–H and O–H groups in total. The van der Waals surface area contributed by atoms with Crippen LogP contribution in [0.3, 0.4) is 0 Å². The number of isocyanates is 1. The van der Waals surface area contributed by atoms with Crippen molar-refractivity contribution in [3.63, 3.8) is 0 Å². The van der Waals surface area contributed by atoms with Gasteiger partial charge in [-0.25, -0.2) is 9.79 Å². The molecule has 0 amide bonds. The Bertz CT molecular complexity index is 283. The number of carbonyl (C=O) groups excluding carboxylic acids is 1. The molecular weight excluding hydrogens is 170 g/mol. The first kappa shape index (κ1) is 9.17. The summed E-state index contributed by atoms with van der Waals surface area (Å²) in [5, 5.41) is 2.03. The van der Waals surface area contributed by atoms with Gasteiger partial charge < -0.3 is 0 Å². The van der Waals surface area contributed by atoms with Crippen molar-refractivity contribution in [2.75, 3.05) is 6.54 Å². The molecule has 0 aliphatic rings. The molecule has 0 radical (unpaired) electrons. The molecular formula is C9H11NOS. The maximum absolute atomic E-state index is 9.93. The van der Waals surface area contributed by atoms with E-state index in [4.69, 9.17) is 0 Å². The maximum atomic E-state index is 9.93. The quantitative estimate of drug-likeness (QED) is 0.520. The van der Waals surface area contributed by atoms with E-state index in [-0.39, 0.29) is 5.41 Å². The third-order valence-electron chi connectivity index (χ3n) is 1.73. The van der Waals surface area contributed by atoms with E-state index in [0.29, 0.717) is 6.54 Å². The zero-order valence-electron chi connectivity index (χ0n) is 7.20. The highest BCUT2D eigenvalue weighted by atomic mass is 32.1. The first-order valence-electron chi connectivity index (χ1n) is 3.74. The van der Waals surface area contributed by atoms with Crippen LogP contribution in [0.2, 0.25) is 0 Å². The lowest BCUT2D eigenvalue weighted by molar-refractivity contribution is 0.533. The van der Waals surface area contributed by atoms with Crippen molar-refractivity contribution < 1.29 is 4.79 Å². The molecule has 1 heterocycles. The fourth-order valence-corrected chi connectivity index (χ4v) is 1.82. The molecule has 0 aromatic carbocycles. The number of rotatable bonds is 3. The van der Waals surface area contributed by atoms with E-state index in [1.54, 1.807) is 17.4 Å². The van der Waals surface area contributed by atoms with Gasteiger partial charge in [0, 0.05) is 10.3 Å². The summed E-state index contributed by atoms with van der Waals surface area (Å²) in [5.41, 5.74) is -0.0361. The molecule has 0 aliphatic carbocycles. The van der Waals surface area contributed by atoms with Crippen molar-refractivity contribution in [2.45, 2.75) is 19.3 Å². The van der Waals surface area contributed by atoms with Crippen LogP contribution in [-0.4, -0.2) is 12.6 Å². The summed E-state index contributed by atoms with van der Waals surface area (Å²) in [5.74, 6) is 0. The Morgan fingerprint density at radius 1 is 1.67 bits per heavy atom. The largest absolute Gasteiger partial charge is 0.234 e.